The van der Waals surface area contributed by atoms with Crippen LogP contribution in [0, 0.1) is 0 Å². The Labute approximate surface area is 205 Å². The van der Waals surface area contributed by atoms with Gasteiger partial charge < -0.3 is 19.1 Å². The zero-order valence-corrected chi connectivity index (χ0v) is 19.7. The lowest BCUT2D eigenvalue weighted by atomic mass is 10.2. The molecule has 1 aliphatic heterocycles. The van der Waals surface area contributed by atoms with Crippen LogP contribution in [0.25, 0.3) is 0 Å². The van der Waals surface area contributed by atoms with Crippen molar-refractivity contribution in [3.8, 4) is 11.5 Å². The van der Waals surface area contributed by atoms with E-state index in [1.54, 1.807) is 29.2 Å². The maximum Gasteiger partial charge on any atom is 0.338 e. The number of carbonyl (C=O) groups excluding carboxylic acids is 2. The van der Waals surface area contributed by atoms with Crippen LogP contribution in [-0.4, -0.2) is 67.6 Å². The van der Waals surface area contributed by atoms with Gasteiger partial charge in [0.1, 0.15) is 24.7 Å². The van der Waals surface area contributed by atoms with Crippen molar-refractivity contribution in [2.75, 3.05) is 45.9 Å². The maximum absolute atomic E-state index is 12.5. The van der Waals surface area contributed by atoms with Crippen LogP contribution < -0.4 is 9.47 Å². The number of amides is 1. The lowest BCUT2D eigenvalue weighted by molar-refractivity contribution is -0.136. The molecule has 0 bridgehead atoms. The number of benzene rings is 3. The summed E-state index contributed by atoms with van der Waals surface area (Å²) in [4.78, 5) is 28.9. The van der Waals surface area contributed by atoms with Gasteiger partial charge in [0.05, 0.1) is 5.56 Å². The van der Waals surface area contributed by atoms with E-state index < -0.39 is 5.97 Å². The molecule has 0 unspecified atom stereocenters. The van der Waals surface area contributed by atoms with Crippen LogP contribution in [-0.2, 0) is 16.1 Å². The van der Waals surface area contributed by atoms with Crippen molar-refractivity contribution < 1.29 is 23.8 Å². The number of hydrogen-bond donors (Lipinski definition) is 0. The van der Waals surface area contributed by atoms with Crippen molar-refractivity contribution in [2.24, 2.45) is 0 Å². The Morgan fingerprint density at radius 1 is 0.714 bits per heavy atom. The molecule has 3 aromatic rings. The summed E-state index contributed by atoms with van der Waals surface area (Å²) < 4.78 is 16.7. The molecule has 4 rings (SSSR count). The summed E-state index contributed by atoms with van der Waals surface area (Å²) in [5.74, 6) is 0.817. The molecule has 0 aliphatic carbocycles. The normalized spacial score (nSPS) is 13.8. The fourth-order valence-corrected chi connectivity index (χ4v) is 3.76. The van der Waals surface area contributed by atoms with Gasteiger partial charge in [0, 0.05) is 32.7 Å². The van der Waals surface area contributed by atoms with E-state index in [1.807, 2.05) is 60.7 Å². The van der Waals surface area contributed by atoms with Gasteiger partial charge in [-0.2, -0.15) is 0 Å². The number of nitrogens with zero attached hydrogens (tertiary/aromatic N) is 2. The minimum Gasteiger partial charge on any atom is -0.492 e. The summed E-state index contributed by atoms with van der Waals surface area (Å²) >= 11 is 0. The second-order valence-corrected chi connectivity index (χ2v) is 8.26. The first-order valence-corrected chi connectivity index (χ1v) is 11.8. The number of hydrogen-bond acceptors (Lipinski definition) is 6. The van der Waals surface area contributed by atoms with Crippen LogP contribution >= 0.6 is 0 Å². The average molecular weight is 475 g/mol. The molecule has 1 heterocycles. The Bertz CT molecular complexity index is 1070. The van der Waals surface area contributed by atoms with E-state index in [2.05, 4.69) is 4.90 Å². The number of ether oxygens (including phenoxy) is 3. The first-order valence-electron chi connectivity index (χ1n) is 11.8. The molecule has 182 valence electrons. The van der Waals surface area contributed by atoms with Crippen LogP contribution in [0.1, 0.15) is 15.9 Å². The first kappa shape index (κ1) is 24.3. The molecule has 1 amide bonds. The molecular weight excluding hydrogens is 444 g/mol. The van der Waals surface area contributed by atoms with E-state index in [0.717, 1.165) is 30.9 Å². The van der Waals surface area contributed by atoms with Gasteiger partial charge in [0.25, 0.3) is 5.91 Å². The Hall–Kier alpha value is -3.84. The van der Waals surface area contributed by atoms with Gasteiger partial charge >= 0.3 is 5.97 Å². The Kier molecular flexibility index (Phi) is 8.73. The van der Waals surface area contributed by atoms with Crippen molar-refractivity contribution in [3.05, 3.63) is 96.1 Å². The Morgan fingerprint density at radius 2 is 1.34 bits per heavy atom. The summed E-state index contributed by atoms with van der Waals surface area (Å²) in [5, 5.41) is 0. The molecule has 0 aromatic heterocycles. The number of carbonyl (C=O) groups is 2. The monoisotopic (exact) mass is 474 g/mol. The number of rotatable bonds is 10. The molecule has 1 fully saturated rings. The zero-order valence-electron chi connectivity index (χ0n) is 19.7. The third-order valence-electron chi connectivity index (χ3n) is 5.81. The van der Waals surface area contributed by atoms with Crippen molar-refractivity contribution in [1.29, 1.82) is 0 Å². The summed E-state index contributed by atoms with van der Waals surface area (Å²) in [5.41, 5.74) is 1.45. The van der Waals surface area contributed by atoms with Crippen LogP contribution in [0.4, 0.5) is 0 Å². The molecule has 0 N–H and O–H groups in total. The van der Waals surface area contributed by atoms with Crippen LogP contribution in [0.5, 0.6) is 11.5 Å². The second-order valence-electron chi connectivity index (χ2n) is 8.26. The van der Waals surface area contributed by atoms with Crippen molar-refractivity contribution >= 4 is 11.9 Å². The Balaban J connectivity index is 1.13. The molecule has 35 heavy (non-hydrogen) atoms. The van der Waals surface area contributed by atoms with Gasteiger partial charge in [-0.3, -0.25) is 9.69 Å². The van der Waals surface area contributed by atoms with Crippen LogP contribution in [0.2, 0.25) is 0 Å². The van der Waals surface area contributed by atoms with Crippen LogP contribution in [0.15, 0.2) is 84.9 Å². The van der Waals surface area contributed by atoms with Gasteiger partial charge in [-0.1, -0.05) is 48.5 Å². The maximum atomic E-state index is 12.5. The summed E-state index contributed by atoms with van der Waals surface area (Å²) in [6.45, 7) is 4.34. The summed E-state index contributed by atoms with van der Waals surface area (Å²) in [6.07, 6.45) is 0. The fraction of sp³-hybridized carbons (Fsp3) is 0.286. The smallest absolute Gasteiger partial charge is 0.338 e. The van der Waals surface area contributed by atoms with E-state index in [-0.39, 0.29) is 12.5 Å². The van der Waals surface area contributed by atoms with Gasteiger partial charge in [0.15, 0.2) is 6.61 Å². The van der Waals surface area contributed by atoms with E-state index >= 15 is 0 Å². The quantitative estimate of drug-likeness (QED) is 0.418. The summed E-state index contributed by atoms with van der Waals surface area (Å²) in [6, 6.07) is 26.3. The lowest BCUT2D eigenvalue weighted by Crippen LogP contribution is -2.50. The minimum atomic E-state index is -0.523. The van der Waals surface area contributed by atoms with Crippen molar-refractivity contribution in [1.82, 2.24) is 9.80 Å². The van der Waals surface area contributed by atoms with E-state index in [1.165, 1.54) is 0 Å². The number of para-hydroxylation sites is 1. The van der Waals surface area contributed by atoms with E-state index in [0.29, 0.717) is 37.6 Å². The molecular formula is C28H30N2O5. The number of piperazine rings is 1. The molecule has 7 nitrogen and oxygen atoms in total. The highest BCUT2D eigenvalue weighted by Gasteiger charge is 2.22. The Morgan fingerprint density at radius 3 is 2.03 bits per heavy atom. The standard InChI is InChI=1S/C28H30N2O5/c31-27(30-17-15-29(16-18-30)19-20-33-25-9-5-2-6-10-25)22-35-28(32)24-11-13-26(14-12-24)34-21-23-7-3-1-4-8-23/h1-14H,15-22H2. The largest absolute Gasteiger partial charge is 0.492 e. The molecule has 3 aromatic carbocycles. The highest BCUT2D eigenvalue weighted by atomic mass is 16.5. The summed E-state index contributed by atoms with van der Waals surface area (Å²) in [7, 11) is 0. The first-order chi connectivity index (χ1) is 17.2. The van der Waals surface area contributed by atoms with Gasteiger partial charge in [-0.15, -0.1) is 0 Å². The minimum absolute atomic E-state index is 0.179. The molecule has 0 radical (unpaired) electrons. The highest BCUT2D eigenvalue weighted by molar-refractivity contribution is 5.91. The van der Waals surface area contributed by atoms with E-state index in [4.69, 9.17) is 14.2 Å². The zero-order chi connectivity index (χ0) is 24.3. The van der Waals surface area contributed by atoms with Crippen molar-refractivity contribution in [3.63, 3.8) is 0 Å². The third kappa shape index (κ3) is 7.58. The highest BCUT2D eigenvalue weighted by Crippen LogP contribution is 2.15. The lowest BCUT2D eigenvalue weighted by Gasteiger charge is -2.34. The SMILES string of the molecule is O=C(OCC(=O)N1CCN(CCOc2ccccc2)CC1)c1ccc(OCc2ccccc2)cc1. The van der Waals surface area contributed by atoms with Gasteiger partial charge in [-0.25, -0.2) is 4.79 Å². The van der Waals surface area contributed by atoms with Gasteiger partial charge in [-0.05, 0) is 42.0 Å². The molecule has 0 atom stereocenters. The van der Waals surface area contributed by atoms with Crippen LogP contribution in [0.3, 0.4) is 0 Å². The predicted octanol–water partition coefficient (Wildman–Crippen LogP) is 3.65. The van der Waals surface area contributed by atoms with E-state index in [9.17, 15) is 9.59 Å². The fourth-order valence-electron chi connectivity index (χ4n) is 3.76. The molecule has 0 saturated carbocycles. The third-order valence-corrected chi connectivity index (χ3v) is 5.81. The number of esters is 1. The molecule has 0 spiro atoms. The van der Waals surface area contributed by atoms with Gasteiger partial charge in [0.2, 0.25) is 0 Å². The average Bonchev–Trinajstić information content (AvgIpc) is 2.92. The topological polar surface area (TPSA) is 68.3 Å². The predicted molar refractivity (Wildman–Crippen MR) is 132 cm³/mol. The molecule has 1 aliphatic rings. The second kappa shape index (κ2) is 12.6. The molecule has 7 heteroatoms. The molecule has 1 saturated heterocycles. The van der Waals surface area contributed by atoms with Crippen molar-refractivity contribution in [2.45, 2.75) is 6.61 Å².